The van der Waals surface area contributed by atoms with Crippen LogP contribution in [0.15, 0.2) is 18.2 Å². The Morgan fingerprint density at radius 1 is 1.47 bits per heavy atom. The van der Waals surface area contributed by atoms with E-state index in [2.05, 4.69) is 6.92 Å². The molecule has 2 nitrogen and oxygen atoms in total. The second-order valence-electron chi connectivity index (χ2n) is 4.46. The van der Waals surface area contributed by atoms with Gasteiger partial charge in [-0.05, 0) is 36.6 Å². The maximum Gasteiger partial charge on any atom is 0.153 e. The zero-order valence-corrected chi connectivity index (χ0v) is 10.5. The first kappa shape index (κ1) is 13.8. The molecule has 0 aliphatic rings. The summed E-state index contributed by atoms with van der Waals surface area (Å²) in [5, 5.41) is 0. The van der Waals surface area contributed by atoms with Gasteiger partial charge in [-0.1, -0.05) is 25.8 Å². The number of carbonyl (C=O) groups excluding carboxylic acids is 1. The molecule has 1 unspecified atom stereocenters. The molecule has 2 N–H and O–H groups in total. The molecule has 17 heavy (non-hydrogen) atoms. The summed E-state index contributed by atoms with van der Waals surface area (Å²) in [6.45, 7) is 3.88. The Bertz CT molecular complexity index is 390. The number of ketones is 1. The molecular weight excluding hydrogens is 217 g/mol. The Kier molecular flexibility index (Phi) is 5.29. The Hall–Kier alpha value is -1.22. The first-order chi connectivity index (χ1) is 8.04. The maximum atomic E-state index is 12.9. The average molecular weight is 237 g/mol. The van der Waals surface area contributed by atoms with Crippen molar-refractivity contribution in [2.24, 2.45) is 5.73 Å². The summed E-state index contributed by atoms with van der Waals surface area (Å²) in [6.07, 6.45) is 3.04. The fourth-order valence-corrected chi connectivity index (χ4v) is 1.76. The predicted octanol–water partition coefficient (Wildman–Crippen LogP) is 2.76. The Balaban J connectivity index is 2.61. The lowest BCUT2D eigenvalue weighted by Crippen LogP contribution is -2.31. The minimum Gasteiger partial charge on any atom is -0.321 e. The summed E-state index contributed by atoms with van der Waals surface area (Å²) >= 11 is 0. The average Bonchev–Trinajstić information content (AvgIpc) is 2.29. The number of unbranched alkanes of at least 4 members (excludes halogenated alkanes) is 1. The van der Waals surface area contributed by atoms with E-state index in [1.807, 2.05) is 6.92 Å². The molecule has 0 fully saturated rings. The van der Waals surface area contributed by atoms with Gasteiger partial charge in [0.15, 0.2) is 5.78 Å². The maximum absolute atomic E-state index is 12.9. The Morgan fingerprint density at radius 3 is 2.76 bits per heavy atom. The number of aryl methyl sites for hydroxylation is 1. The lowest BCUT2D eigenvalue weighted by molar-refractivity contribution is -0.119. The van der Waals surface area contributed by atoms with Gasteiger partial charge in [0.25, 0.3) is 0 Å². The van der Waals surface area contributed by atoms with Crippen molar-refractivity contribution in [3.63, 3.8) is 0 Å². The molecule has 1 rings (SSSR count). The highest BCUT2D eigenvalue weighted by molar-refractivity contribution is 5.86. The zero-order chi connectivity index (χ0) is 12.8. The molecule has 1 aromatic rings. The molecule has 0 aliphatic carbocycles. The normalized spacial score (nSPS) is 12.5. The fourth-order valence-electron chi connectivity index (χ4n) is 1.76. The summed E-state index contributed by atoms with van der Waals surface area (Å²) in [5.74, 6) is -0.234. The van der Waals surface area contributed by atoms with Crippen LogP contribution in [0.2, 0.25) is 0 Å². The van der Waals surface area contributed by atoms with Crippen molar-refractivity contribution < 1.29 is 9.18 Å². The van der Waals surface area contributed by atoms with Gasteiger partial charge in [0, 0.05) is 6.42 Å². The van der Waals surface area contributed by atoms with Gasteiger partial charge in [0.05, 0.1) is 6.04 Å². The van der Waals surface area contributed by atoms with E-state index in [1.165, 1.54) is 12.1 Å². The Morgan fingerprint density at radius 2 is 2.18 bits per heavy atom. The molecule has 0 heterocycles. The van der Waals surface area contributed by atoms with Gasteiger partial charge in [-0.25, -0.2) is 4.39 Å². The molecule has 0 saturated heterocycles. The highest BCUT2D eigenvalue weighted by Crippen LogP contribution is 2.12. The zero-order valence-electron chi connectivity index (χ0n) is 10.5. The van der Waals surface area contributed by atoms with E-state index in [9.17, 15) is 9.18 Å². The van der Waals surface area contributed by atoms with Gasteiger partial charge < -0.3 is 5.73 Å². The highest BCUT2D eigenvalue weighted by atomic mass is 19.1. The van der Waals surface area contributed by atoms with Crippen molar-refractivity contribution in [2.45, 2.75) is 45.6 Å². The number of halogens is 1. The van der Waals surface area contributed by atoms with Crippen LogP contribution in [0.1, 0.15) is 37.3 Å². The molecule has 1 atom stereocenters. The third kappa shape index (κ3) is 4.27. The van der Waals surface area contributed by atoms with Crippen molar-refractivity contribution in [1.29, 1.82) is 0 Å². The van der Waals surface area contributed by atoms with Gasteiger partial charge in [0.2, 0.25) is 0 Å². The lowest BCUT2D eigenvalue weighted by atomic mass is 9.97. The van der Waals surface area contributed by atoms with Crippen LogP contribution in [0, 0.1) is 12.7 Å². The van der Waals surface area contributed by atoms with Crippen molar-refractivity contribution >= 4 is 5.78 Å². The molecular formula is C14H20FNO. The Labute approximate surface area is 102 Å². The summed E-state index contributed by atoms with van der Waals surface area (Å²) < 4.78 is 12.9. The summed E-state index contributed by atoms with van der Waals surface area (Å²) in [4.78, 5) is 11.8. The molecule has 0 aromatic heterocycles. The van der Waals surface area contributed by atoms with Crippen molar-refractivity contribution in [3.05, 3.63) is 35.1 Å². The van der Waals surface area contributed by atoms with Gasteiger partial charge in [-0.2, -0.15) is 0 Å². The third-order valence-electron chi connectivity index (χ3n) is 2.95. The molecule has 94 valence electrons. The van der Waals surface area contributed by atoms with E-state index in [-0.39, 0.29) is 17.6 Å². The van der Waals surface area contributed by atoms with Gasteiger partial charge in [-0.3, -0.25) is 4.79 Å². The third-order valence-corrected chi connectivity index (χ3v) is 2.95. The SMILES string of the molecule is CCCCC(N)C(=O)Cc1ccc(F)cc1C. The second-order valence-corrected chi connectivity index (χ2v) is 4.46. The summed E-state index contributed by atoms with van der Waals surface area (Å²) in [7, 11) is 0. The van der Waals surface area contributed by atoms with Gasteiger partial charge in [0.1, 0.15) is 5.82 Å². The minimum atomic E-state index is -0.389. The predicted molar refractivity (Wildman–Crippen MR) is 67.3 cm³/mol. The van der Waals surface area contributed by atoms with Crippen LogP contribution in [-0.4, -0.2) is 11.8 Å². The van der Waals surface area contributed by atoms with Crippen LogP contribution in [0.3, 0.4) is 0 Å². The number of carbonyl (C=O) groups is 1. The van der Waals surface area contributed by atoms with E-state index in [4.69, 9.17) is 5.73 Å². The summed E-state index contributed by atoms with van der Waals surface area (Å²) in [6, 6.07) is 4.10. The number of hydrogen-bond donors (Lipinski definition) is 1. The van der Waals surface area contributed by atoms with Crippen LogP contribution in [-0.2, 0) is 11.2 Å². The van der Waals surface area contributed by atoms with E-state index < -0.39 is 0 Å². The number of hydrogen-bond acceptors (Lipinski definition) is 2. The van der Waals surface area contributed by atoms with Crippen LogP contribution >= 0.6 is 0 Å². The molecule has 0 saturated carbocycles. The molecule has 0 radical (unpaired) electrons. The number of benzene rings is 1. The standard InChI is InChI=1S/C14H20FNO/c1-3-4-5-13(16)14(17)9-11-6-7-12(15)8-10(11)2/h6-8,13H,3-5,9,16H2,1-2H3. The minimum absolute atomic E-state index is 0.0353. The van der Waals surface area contributed by atoms with E-state index in [1.54, 1.807) is 6.07 Å². The van der Waals surface area contributed by atoms with Crippen LogP contribution in [0.25, 0.3) is 0 Å². The molecule has 0 bridgehead atoms. The lowest BCUT2D eigenvalue weighted by Gasteiger charge is -2.11. The van der Waals surface area contributed by atoms with E-state index in [0.717, 1.165) is 30.4 Å². The summed E-state index contributed by atoms with van der Waals surface area (Å²) in [5.41, 5.74) is 7.48. The topological polar surface area (TPSA) is 43.1 Å². The number of rotatable bonds is 6. The largest absolute Gasteiger partial charge is 0.321 e. The number of nitrogens with two attached hydrogens (primary N) is 1. The van der Waals surface area contributed by atoms with E-state index >= 15 is 0 Å². The van der Waals surface area contributed by atoms with Gasteiger partial charge >= 0.3 is 0 Å². The van der Waals surface area contributed by atoms with Crippen molar-refractivity contribution in [1.82, 2.24) is 0 Å². The molecule has 1 aromatic carbocycles. The first-order valence-corrected chi connectivity index (χ1v) is 6.08. The van der Waals surface area contributed by atoms with E-state index in [0.29, 0.717) is 6.42 Å². The van der Waals surface area contributed by atoms with Gasteiger partial charge in [-0.15, -0.1) is 0 Å². The van der Waals surface area contributed by atoms with Crippen LogP contribution < -0.4 is 5.73 Å². The van der Waals surface area contributed by atoms with Crippen molar-refractivity contribution in [2.75, 3.05) is 0 Å². The highest BCUT2D eigenvalue weighted by Gasteiger charge is 2.14. The molecule has 3 heteroatoms. The van der Waals surface area contributed by atoms with Crippen LogP contribution in [0.5, 0.6) is 0 Å². The quantitative estimate of drug-likeness (QED) is 0.826. The monoisotopic (exact) mass is 237 g/mol. The van der Waals surface area contributed by atoms with Crippen molar-refractivity contribution in [3.8, 4) is 0 Å². The van der Waals surface area contributed by atoms with Crippen LogP contribution in [0.4, 0.5) is 4.39 Å². The first-order valence-electron chi connectivity index (χ1n) is 6.08. The molecule has 0 spiro atoms. The smallest absolute Gasteiger partial charge is 0.153 e. The molecule has 0 aliphatic heterocycles. The fraction of sp³-hybridized carbons (Fsp3) is 0.500. The molecule has 0 amide bonds. The second kappa shape index (κ2) is 6.50. The number of Topliss-reactive ketones (excluding diaryl/α,β-unsaturated/α-hetero) is 1.